The van der Waals surface area contributed by atoms with Crippen molar-refractivity contribution in [3.63, 3.8) is 0 Å². The summed E-state index contributed by atoms with van der Waals surface area (Å²) < 4.78 is 33.9. The summed E-state index contributed by atoms with van der Waals surface area (Å²) in [4.78, 5) is 22.5. The Hall–Kier alpha value is -1.40. The Bertz CT molecular complexity index is 313. The minimum absolute atomic E-state index is 0.0135. The Morgan fingerprint density at radius 3 is 2.21 bits per heavy atom. The van der Waals surface area contributed by atoms with E-state index in [1.165, 1.54) is 0 Å². The van der Waals surface area contributed by atoms with Crippen LogP contribution in [0.1, 0.15) is 34.1 Å². The zero-order valence-electron chi connectivity index (χ0n) is 11.7. The van der Waals surface area contributed by atoms with E-state index in [1.807, 2.05) is 6.92 Å². The number of hydrogen-bond donors (Lipinski definition) is 1. The second-order valence-corrected chi connectivity index (χ2v) is 4.95. The maximum absolute atomic E-state index is 12.4. The quantitative estimate of drug-likeness (QED) is 0.574. The van der Waals surface area contributed by atoms with Gasteiger partial charge in [-0.15, -0.1) is 0 Å². The standard InChI is InChI=1S/C12H21F2NO4/c1-5-11(2,3)9(16)18-7-6-15-10(17)19-8-12(4,13)14/h5-8H2,1-4H3,(H,15,17). The van der Waals surface area contributed by atoms with Gasteiger partial charge in [0, 0.05) is 6.92 Å². The highest BCUT2D eigenvalue weighted by Gasteiger charge is 2.27. The van der Waals surface area contributed by atoms with Crippen LogP contribution in [0.15, 0.2) is 0 Å². The lowest BCUT2D eigenvalue weighted by atomic mass is 9.91. The molecule has 112 valence electrons. The molecule has 0 aromatic carbocycles. The SMILES string of the molecule is CCC(C)(C)C(=O)OCCNC(=O)OCC(C)(F)F. The second kappa shape index (κ2) is 7.25. The summed E-state index contributed by atoms with van der Waals surface area (Å²) in [5.74, 6) is -3.43. The van der Waals surface area contributed by atoms with Gasteiger partial charge in [-0.1, -0.05) is 6.92 Å². The normalized spacial score (nSPS) is 11.9. The Labute approximate surface area is 111 Å². The minimum Gasteiger partial charge on any atom is -0.463 e. The lowest BCUT2D eigenvalue weighted by Gasteiger charge is -2.20. The molecule has 0 aliphatic carbocycles. The minimum atomic E-state index is -3.06. The third kappa shape index (κ3) is 8.34. The molecule has 0 bridgehead atoms. The topological polar surface area (TPSA) is 64.6 Å². The Morgan fingerprint density at radius 2 is 1.74 bits per heavy atom. The summed E-state index contributed by atoms with van der Waals surface area (Å²) in [6.45, 7) is 5.01. The number of alkyl carbamates (subject to hydrolysis) is 1. The molecule has 0 aromatic rings. The van der Waals surface area contributed by atoms with Crippen molar-refractivity contribution in [1.29, 1.82) is 0 Å². The lowest BCUT2D eigenvalue weighted by Crippen LogP contribution is -2.33. The molecule has 1 N–H and O–H groups in total. The first kappa shape index (κ1) is 17.6. The molecule has 0 spiro atoms. The van der Waals surface area contributed by atoms with Gasteiger partial charge in [0.1, 0.15) is 6.61 Å². The number of amides is 1. The Kier molecular flexibility index (Phi) is 6.72. The van der Waals surface area contributed by atoms with Crippen molar-refractivity contribution in [3.8, 4) is 0 Å². The number of carbonyl (C=O) groups is 2. The smallest absolute Gasteiger partial charge is 0.407 e. The predicted octanol–water partition coefficient (Wildman–Crippen LogP) is 2.35. The van der Waals surface area contributed by atoms with Gasteiger partial charge in [0.2, 0.25) is 0 Å². The molecule has 0 unspecified atom stereocenters. The number of rotatable bonds is 7. The summed E-state index contributed by atoms with van der Waals surface area (Å²) in [5, 5.41) is 2.21. The van der Waals surface area contributed by atoms with E-state index < -0.39 is 24.0 Å². The summed E-state index contributed by atoms with van der Waals surface area (Å²) in [5.41, 5.74) is -0.579. The third-order valence-electron chi connectivity index (χ3n) is 2.50. The van der Waals surface area contributed by atoms with Crippen LogP contribution in [0.2, 0.25) is 0 Å². The van der Waals surface area contributed by atoms with Crippen LogP contribution in [0.4, 0.5) is 13.6 Å². The second-order valence-electron chi connectivity index (χ2n) is 4.95. The van der Waals surface area contributed by atoms with Crippen LogP contribution < -0.4 is 5.32 Å². The van der Waals surface area contributed by atoms with E-state index in [-0.39, 0.29) is 19.1 Å². The highest BCUT2D eigenvalue weighted by Crippen LogP contribution is 2.21. The van der Waals surface area contributed by atoms with E-state index in [0.717, 1.165) is 0 Å². The van der Waals surface area contributed by atoms with E-state index in [0.29, 0.717) is 13.3 Å². The number of halogens is 2. The van der Waals surface area contributed by atoms with Gasteiger partial charge < -0.3 is 14.8 Å². The zero-order chi connectivity index (χ0) is 15.1. The van der Waals surface area contributed by atoms with Gasteiger partial charge in [0.15, 0.2) is 6.61 Å². The van der Waals surface area contributed by atoms with Crippen LogP contribution in [0, 0.1) is 5.41 Å². The summed E-state index contributed by atoms with van der Waals surface area (Å²) in [6.07, 6.45) is -0.334. The molecule has 0 saturated carbocycles. The van der Waals surface area contributed by atoms with Gasteiger partial charge in [-0.05, 0) is 20.3 Å². The van der Waals surface area contributed by atoms with Crippen molar-refractivity contribution >= 4 is 12.1 Å². The zero-order valence-corrected chi connectivity index (χ0v) is 11.7. The highest BCUT2D eigenvalue weighted by atomic mass is 19.3. The van der Waals surface area contributed by atoms with E-state index in [1.54, 1.807) is 13.8 Å². The maximum Gasteiger partial charge on any atom is 0.407 e. The summed E-state index contributed by atoms with van der Waals surface area (Å²) >= 11 is 0. The molecule has 0 radical (unpaired) electrons. The summed E-state index contributed by atoms with van der Waals surface area (Å²) in [7, 11) is 0. The number of hydrogen-bond acceptors (Lipinski definition) is 4. The molecule has 0 aliphatic heterocycles. The van der Waals surface area contributed by atoms with Crippen molar-refractivity contribution < 1.29 is 27.8 Å². The first-order valence-corrected chi connectivity index (χ1v) is 6.04. The van der Waals surface area contributed by atoms with Crippen molar-refractivity contribution in [2.45, 2.75) is 40.0 Å². The molecule has 0 aliphatic rings. The molecule has 0 saturated heterocycles. The third-order valence-corrected chi connectivity index (χ3v) is 2.50. The largest absolute Gasteiger partial charge is 0.463 e. The van der Waals surface area contributed by atoms with Gasteiger partial charge >= 0.3 is 12.1 Å². The Balaban J connectivity index is 3.76. The van der Waals surface area contributed by atoms with E-state index in [9.17, 15) is 18.4 Å². The maximum atomic E-state index is 12.4. The first-order chi connectivity index (χ1) is 8.58. The highest BCUT2D eigenvalue weighted by molar-refractivity contribution is 5.75. The molecule has 7 heteroatoms. The lowest BCUT2D eigenvalue weighted by molar-refractivity contribution is -0.153. The van der Waals surface area contributed by atoms with Crippen LogP contribution in [-0.4, -0.2) is 37.7 Å². The van der Waals surface area contributed by atoms with E-state index in [4.69, 9.17) is 4.74 Å². The van der Waals surface area contributed by atoms with Crippen LogP contribution in [0.3, 0.4) is 0 Å². The fourth-order valence-electron chi connectivity index (χ4n) is 0.880. The fraction of sp³-hybridized carbons (Fsp3) is 0.833. The van der Waals surface area contributed by atoms with Crippen LogP contribution in [0.25, 0.3) is 0 Å². The van der Waals surface area contributed by atoms with Crippen LogP contribution in [-0.2, 0) is 14.3 Å². The Morgan fingerprint density at radius 1 is 1.16 bits per heavy atom. The molecule has 1 amide bonds. The van der Waals surface area contributed by atoms with Gasteiger partial charge in [-0.3, -0.25) is 4.79 Å². The summed E-state index contributed by atoms with van der Waals surface area (Å²) in [6, 6.07) is 0. The molecule has 0 fully saturated rings. The van der Waals surface area contributed by atoms with Crippen LogP contribution in [0.5, 0.6) is 0 Å². The van der Waals surface area contributed by atoms with E-state index in [2.05, 4.69) is 10.1 Å². The average Bonchev–Trinajstić information content (AvgIpc) is 2.30. The van der Waals surface area contributed by atoms with Crippen molar-refractivity contribution in [2.75, 3.05) is 19.8 Å². The fourth-order valence-corrected chi connectivity index (χ4v) is 0.880. The molecule has 0 heterocycles. The van der Waals surface area contributed by atoms with Crippen molar-refractivity contribution in [3.05, 3.63) is 0 Å². The van der Waals surface area contributed by atoms with Crippen molar-refractivity contribution in [2.24, 2.45) is 5.41 Å². The number of alkyl halides is 2. The number of carbonyl (C=O) groups excluding carboxylic acids is 2. The molecule has 5 nitrogen and oxygen atoms in total. The van der Waals surface area contributed by atoms with Crippen LogP contribution >= 0.6 is 0 Å². The van der Waals surface area contributed by atoms with Crippen molar-refractivity contribution in [1.82, 2.24) is 5.32 Å². The molecule has 0 rings (SSSR count). The monoisotopic (exact) mass is 281 g/mol. The molecular formula is C12H21F2NO4. The average molecular weight is 281 g/mol. The molecule has 0 aromatic heterocycles. The van der Waals surface area contributed by atoms with Gasteiger partial charge in [0.25, 0.3) is 5.92 Å². The predicted molar refractivity (Wildman–Crippen MR) is 65.0 cm³/mol. The molecular weight excluding hydrogens is 260 g/mol. The van der Waals surface area contributed by atoms with E-state index >= 15 is 0 Å². The number of ether oxygens (including phenoxy) is 2. The van der Waals surface area contributed by atoms with Gasteiger partial charge in [-0.2, -0.15) is 0 Å². The van der Waals surface area contributed by atoms with Gasteiger partial charge in [-0.25, -0.2) is 13.6 Å². The van der Waals surface area contributed by atoms with Gasteiger partial charge in [0.05, 0.1) is 12.0 Å². The molecule has 19 heavy (non-hydrogen) atoms. The number of esters is 1. The number of nitrogens with one attached hydrogen (secondary N) is 1. The first-order valence-electron chi connectivity index (χ1n) is 6.04. The molecule has 0 atom stereocenters.